The van der Waals surface area contributed by atoms with Crippen molar-refractivity contribution in [2.24, 2.45) is 14.1 Å². The zero-order valence-electron chi connectivity index (χ0n) is 33.8. The number of carbonyl (C=O) groups is 4. The fourth-order valence-corrected chi connectivity index (χ4v) is 7.94. The molecule has 2 heterocycles. The lowest BCUT2D eigenvalue weighted by Crippen LogP contribution is -2.15. The van der Waals surface area contributed by atoms with Crippen LogP contribution in [0.3, 0.4) is 0 Å². The smallest absolute Gasteiger partial charge is 0.312 e. The van der Waals surface area contributed by atoms with Gasteiger partial charge in [0.25, 0.3) is 0 Å². The maximum atomic E-state index is 13.9. The molecule has 0 saturated carbocycles. The van der Waals surface area contributed by atoms with Gasteiger partial charge in [-0.2, -0.15) is 10.2 Å². The molecule has 0 fully saturated rings. The maximum Gasteiger partial charge on any atom is 0.312 e. The zero-order chi connectivity index (χ0) is 42.5. The number of aryl methyl sites for hydroxylation is 4. The minimum atomic E-state index is -0.621. The number of benzene rings is 2. The Labute approximate surface area is 356 Å². The van der Waals surface area contributed by atoms with Crippen LogP contribution in [0.1, 0.15) is 80.0 Å². The number of ketones is 2. The number of rotatable bonds is 23. The van der Waals surface area contributed by atoms with Crippen LogP contribution in [0.25, 0.3) is 0 Å². The Morgan fingerprint density at radius 1 is 0.638 bits per heavy atom. The second kappa shape index (κ2) is 22.6. The van der Waals surface area contributed by atoms with Gasteiger partial charge in [-0.15, -0.1) is 23.5 Å². The molecule has 0 aliphatic carbocycles. The summed E-state index contributed by atoms with van der Waals surface area (Å²) < 4.78 is 35.5. The summed E-state index contributed by atoms with van der Waals surface area (Å²) in [5.74, 6) is -2.20. The number of nitrogens with zero attached hydrogens (tertiary/aromatic N) is 4. The molecule has 2 aromatic heterocycles. The second-order valence-corrected chi connectivity index (χ2v) is 15.4. The molecule has 0 aliphatic heterocycles. The summed E-state index contributed by atoms with van der Waals surface area (Å²) in [6.07, 6.45) is 4.22. The molecule has 0 spiro atoms. The standard InChI is InChI=1S/C40H48Cl2N4O10S2/c1-23-33(37(49)25-13-15-29(57-7)27(35(25)41)21-53-19-17-51-5)39(45(3)43-23)55-31(47)11-9-10-12-32(48)56-40-34(24(2)44-46(40)4)38(50)26-14-16-30(58-8)28(36(26)42)22-54-20-18-52-6/h13-16H,9-12,17-22H2,1-8H3. The fraction of sp³-hybridized carbons (Fsp3) is 0.450. The van der Waals surface area contributed by atoms with Crippen LogP contribution in [-0.4, -0.2) is 96.2 Å². The van der Waals surface area contributed by atoms with Gasteiger partial charge in [-0.3, -0.25) is 19.2 Å². The number of thioether (sulfide) groups is 2. The van der Waals surface area contributed by atoms with E-state index in [9.17, 15) is 19.2 Å². The Kier molecular flexibility index (Phi) is 18.3. The molecule has 0 unspecified atom stereocenters. The van der Waals surface area contributed by atoms with E-state index in [0.717, 1.165) is 9.79 Å². The van der Waals surface area contributed by atoms with Gasteiger partial charge >= 0.3 is 11.9 Å². The summed E-state index contributed by atoms with van der Waals surface area (Å²) in [5.41, 5.74) is 2.69. The van der Waals surface area contributed by atoms with E-state index in [2.05, 4.69) is 10.2 Å². The molecule has 0 amide bonds. The average Bonchev–Trinajstić information content (AvgIpc) is 3.63. The largest absolute Gasteiger partial charge is 0.407 e. The van der Waals surface area contributed by atoms with Crippen LogP contribution >= 0.6 is 46.7 Å². The van der Waals surface area contributed by atoms with Gasteiger partial charge < -0.3 is 28.4 Å². The van der Waals surface area contributed by atoms with Gasteiger partial charge in [0.2, 0.25) is 23.3 Å². The summed E-state index contributed by atoms with van der Waals surface area (Å²) in [5, 5.41) is 9.14. The van der Waals surface area contributed by atoms with E-state index in [1.54, 1.807) is 66.4 Å². The highest BCUT2D eigenvalue weighted by Crippen LogP contribution is 2.36. The molecule has 0 bridgehead atoms. The van der Waals surface area contributed by atoms with Crippen LogP contribution in [0.15, 0.2) is 34.1 Å². The molecule has 4 aromatic rings. The summed E-state index contributed by atoms with van der Waals surface area (Å²) in [6.45, 7) is 5.17. The first-order chi connectivity index (χ1) is 27.8. The van der Waals surface area contributed by atoms with Crippen molar-refractivity contribution >= 4 is 70.2 Å². The Morgan fingerprint density at radius 3 is 1.36 bits per heavy atom. The number of carbonyl (C=O) groups excluding carboxylic acids is 4. The minimum Gasteiger partial charge on any atom is -0.407 e. The molecule has 0 saturated heterocycles. The van der Waals surface area contributed by atoms with Gasteiger partial charge in [-0.1, -0.05) is 23.2 Å². The van der Waals surface area contributed by atoms with Crippen molar-refractivity contribution in [3.05, 3.63) is 79.1 Å². The first-order valence-corrected chi connectivity index (χ1v) is 21.4. The predicted octanol–water partition coefficient (Wildman–Crippen LogP) is 7.38. The second-order valence-electron chi connectivity index (χ2n) is 12.9. The monoisotopic (exact) mass is 878 g/mol. The number of aromatic nitrogens is 4. The molecule has 314 valence electrons. The van der Waals surface area contributed by atoms with Gasteiger partial charge in [-0.25, -0.2) is 9.36 Å². The Bertz CT molecular complexity index is 1970. The van der Waals surface area contributed by atoms with E-state index in [-0.39, 0.29) is 83.0 Å². The molecular formula is C40H48Cl2N4O10S2. The number of hydrogen-bond acceptors (Lipinski definition) is 14. The van der Waals surface area contributed by atoms with Crippen molar-refractivity contribution in [3.63, 3.8) is 0 Å². The third-order valence-electron chi connectivity index (χ3n) is 8.91. The lowest BCUT2D eigenvalue weighted by molar-refractivity contribution is -0.137. The van der Waals surface area contributed by atoms with Gasteiger partial charge in [0.15, 0.2) is 0 Å². The van der Waals surface area contributed by atoms with Crippen LogP contribution in [0.4, 0.5) is 0 Å². The highest BCUT2D eigenvalue weighted by atomic mass is 35.5. The van der Waals surface area contributed by atoms with Crippen LogP contribution in [0, 0.1) is 13.8 Å². The number of unbranched alkanes of at least 4 members (excludes halogenated alkanes) is 1. The van der Waals surface area contributed by atoms with E-state index in [1.807, 2.05) is 12.5 Å². The van der Waals surface area contributed by atoms with Gasteiger partial charge in [0, 0.05) is 73.2 Å². The minimum absolute atomic E-state index is 0.0208. The fourth-order valence-electron chi connectivity index (χ4n) is 6.00. The van der Waals surface area contributed by atoms with Crippen LogP contribution < -0.4 is 9.47 Å². The molecule has 14 nitrogen and oxygen atoms in total. The molecule has 0 N–H and O–H groups in total. The zero-order valence-corrected chi connectivity index (χ0v) is 37.0. The molecule has 2 aromatic carbocycles. The Hall–Kier alpha value is -3.74. The van der Waals surface area contributed by atoms with Gasteiger partial charge in [0.1, 0.15) is 11.1 Å². The highest BCUT2D eigenvalue weighted by molar-refractivity contribution is 7.98. The summed E-state index contributed by atoms with van der Waals surface area (Å²) >= 11 is 16.5. The molecule has 58 heavy (non-hydrogen) atoms. The maximum absolute atomic E-state index is 13.9. The highest BCUT2D eigenvalue weighted by Gasteiger charge is 2.29. The van der Waals surface area contributed by atoms with Gasteiger partial charge in [0.05, 0.1) is 61.1 Å². The van der Waals surface area contributed by atoms with Crippen LogP contribution in [0.2, 0.25) is 10.0 Å². The van der Waals surface area contributed by atoms with E-state index in [4.69, 9.17) is 51.6 Å². The SMILES string of the molecule is COCCOCc1c(SC)ccc(C(=O)c2c(C)nn(C)c2OC(=O)CCCCC(=O)Oc2c(C(=O)c3ccc(SC)c(COCCOC)c3Cl)c(C)nn2C)c1Cl. The molecule has 4 rings (SSSR count). The normalized spacial score (nSPS) is 11.3. The van der Waals surface area contributed by atoms with E-state index >= 15 is 0 Å². The summed E-state index contributed by atoms with van der Waals surface area (Å²) in [4.78, 5) is 55.7. The van der Waals surface area contributed by atoms with Crippen molar-refractivity contribution < 1.29 is 47.6 Å². The van der Waals surface area contributed by atoms with E-state index < -0.39 is 23.5 Å². The predicted molar refractivity (Wildman–Crippen MR) is 222 cm³/mol. The van der Waals surface area contributed by atoms with Crippen molar-refractivity contribution in [2.75, 3.05) is 53.2 Å². The van der Waals surface area contributed by atoms with Crippen molar-refractivity contribution in [1.29, 1.82) is 0 Å². The Balaban J connectivity index is 1.39. The first-order valence-electron chi connectivity index (χ1n) is 18.2. The summed E-state index contributed by atoms with van der Waals surface area (Å²) in [7, 11) is 6.30. The topological polar surface area (TPSA) is 159 Å². The van der Waals surface area contributed by atoms with E-state index in [0.29, 0.717) is 48.9 Å². The van der Waals surface area contributed by atoms with Crippen LogP contribution in [-0.2, 0) is 55.8 Å². The van der Waals surface area contributed by atoms with Crippen molar-refractivity contribution in [2.45, 2.75) is 62.5 Å². The lowest BCUT2D eigenvalue weighted by atomic mass is 10.0. The Morgan fingerprint density at radius 2 is 1.02 bits per heavy atom. The molecule has 0 radical (unpaired) electrons. The lowest BCUT2D eigenvalue weighted by Gasteiger charge is -2.14. The molecule has 0 aliphatic rings. The quantitative estimate of drug-likeness (QED) is 0.0314. The average molecular weight is 880 g/mol. The number of esters is 2. The molecule has 0 atom stereocenters. The number of halogens is 2. The molecular weight excluding hydrogens is 831 g/mol. The number of hydrogen-bond donors (Lipinski definition) is 0. The van der Waals surface area contributed by atoms with Crippen molar-refractivity contribution in [1.82, 2.24) is 19.6 Å². The molecule has 18 heteroatoms. The summed E-state index contributed by atoms with van der Waals surface area (Å²) in [6, 6.07) is 6.86. The van der Waals surface area contributed by atoms with Crippen molar-refractivity contribution in [3.8, 4) is 11.8 Å². The third kappa shape index (κ3) is 11.5. The number of methoxy groups -OCH3 is 2. The van der Waals surface area contributed by atoms with Gasteiger partial charge in [-0.05, 0) is 63.5 Å². The number of ether oxygens (including phenoxy) is 6. The first kappa shape index (κ1) is 46.9. The van der Waals surface area contributed by atoms with E-state index in [1.165, 1.54) is 32.9 Å². The van der Waals surface area contributed by atoms with Crippen LogP contribution in [0.5, 0.6) is 11.8 Å². The third-order valence-corrected chi connectivity index (χ3v) is 11.4.